The Balaban J connectivity index is 2.11. The molecule has 0 bridgehead atoms. The molecule has 1 aromatic heterocycles. The summed E-state index contributed by atoms with van der Waals surface area (Å²) in [5.41, 5.74) is 5.85. The van der Waals surface area contributed by atoms with E-state index in [9.17, 15) is 8.78 Å². The molecule has 1 aromatic carbocycles. The summed E-state index contributed by atoms with van der Waals surface area (Å²) in [5.74, 6) is -0.452. The molecule has 0 amide bonds. The lowest BCUT2D eigenvalue weighted by Crippen LogP contribution is -2.34. The Hall–Kier alpha value is -1.82. The van der Waals surface area contributed by atoms with Crippen molar-refractivity contribution in [2.45, 2.75) is 32.2 Å². The molecule has 2 rings (SSSR count). The SMILES string of the molecule is CC(C)(N)Cc1nc(Cc2cc(F)cc(F)c2)no1. The molecule has 0 aliphatic heterocycles. The Bertz CT molecular complexity index is 555. The molecule has 19 heavy (non-hydrogen) atoms. The smallest absolute Gasteiger partial charge is 0.228 e. The third kappa shape index (κ3) is 4.10. The standard InChI is InChI=1S/C13H15F2N3O/c1-13(2,16)7-12-17-11(18-19-12)5-8-3-9(14)6-10(15)4-8/h3-4,6H,5,7,16H2,1-2H3. The minimum Gasteiger partial charge on any atom is -0.339 e. The summed E-state index contributed by atoms with van der Waals surface area (Å²) in [6.45, 7) is 3.69. The first-order valence-corrected chi connectivity index (χ1v) is 5.87. The second-order valence-electron chi connectivity index (χ2n) is 5.22. The van der Waals surface area contributed by atoms with Crippen LogP contribution in [0.15, 0.2) is 22.7 Å². The molecule has 1 heterocycles. The van der Waals surface area contributed by atoms with Gasteiger partial charge in [-0.2, -0.15) is 4.98 Å². The van der Waals surface area contributed by atoms with Gasteiger partial charge in [-0.15, -0.1) is 0 Å². The van der Waals surface area contributed by atoms with Crippen molar-refractivity contribution in [1.82, 2.24) is 10.1 Å². The van der Waals surface area contributed by atoms with Crippen LogP contribution in [0.1, 0.15) is 31.1 Å². The molecule has 0 radical (unpaired) electrons. The van der Waals surface area contributed by atoms with Crippen molar-refractivity contribution in [3.8, 4) is 0 Å². The van der Waals surface area contributed by atoms with Gasteiger partial charge >= 0.3 is 0 Å². The summed E-state index contributed by atoms with van der Waals surface area (Å²) in [6.07, 6.45) is 0.653. The molecule has 0 fully saturated rings. The van der Waals surface area contributed by atoms with Crippen molar-refractivity contribution in [3.63, 3.8) is 0 Å². The van der Waals surface area contributed by atoms with Gasteiger partial charge in [0.2, 0.25) is 5.89 Å². The first-order valence-electron chi connectivity index (χ1n) is 5.87. The lowest BCUT2D eigenvalue weighted by atomic mass is 10.0. The summed E-state index contributed by atoms with van der Waals surface area (Å²) in [4.78, 5) is 4.15. The second kappa shape index (κ2) is 5.05. The van der Waals surface area contributed by atoms with Gasteiger partial charge in [0.15, 0.2) is 5.82 Å². The monoisotopic (exact) mass is 267 g/mol. The van der Waals surface area contributed by atoms with Gasteiger partial charge in [-0.1, -0.05) is 5.16 Å². The van der Waals surface area contributed by atoms with E-state index in [4.69, 9.17) is 10.3 Å². The molecule has 4 nitrogen and oxygen atoms in total. The maximum absolute atomic E-state index is 13.0. The number of nitrogens with zero attached hydrogens (tertiary/aromatic N) is 2. The van der Waals surface area contributed by atoms with E-state index in [2.05, 4.69) is 10.1 Å². The van der Waals surface area contributed by atoms with Gasteiger partial charge in [-0.3, -0.25) is 0 Å². The van der Waals surface area contributed by atoms with Crippen molar-refractivity contribution in [1.29, 1.82) is 0 Å². The Morgan fingerprint density at radius 3 is 2.42 bits per heavy atom. The quantitative estimate of drug-likeness (QED) is 0.922. The van der Waals surface area contributed by atoms with Crippen molar-refractivity contribution in [2.75, 3.05) is 0 Å². The normalized spacial score (nSPS) is 11.8. The average molecular weight is 267 g/mol. The van der Waals surface area contributed by atoms with Gasteiger partial charge in [-0.05, 0) is 31.5 Å². The zero-order valence-corrected chi connectivity index (χ0v) is 10.8. The Morgan fingerprint density at radius 2 is 1.84 bits per heavy atom. The molecule has 2 aromatic rings. The van der Waals surface area contributed by atoms with Crippen LogP contribution in [0.5, 0.6) is 0 Å². The van der Waals surface area contributed by atoms with E-state index < -0.39 is 17.2 Å². The zero-order chi connectivity index (χ0) is 14.0. The van der Waals surface area contributed by atoms with Crippen LogP contribution in [-0.2, 0) is 12.8 Å². The minimum absolute atomic E-state index is 0.211. The number of benzene rings is 1. The topological polar surface area (TPSA) is 64.9 Å². The Labute approximate surface area is 109 Å². The van der Waals surface area contributed by atoms with Crippen LogP contribution in [-0.4, -0.2) is 15.7 Å². The fourth-order valence-electron chi connectivity index (χ4n) is 1.72. The summed E-state index contributed by atoms with van der Waals surface area (Å²) >= 11 is 0. The van der Waals surface area contributed by atoms with E-state index in [1.165, 1.54) is 12.1 Å². The van der Waals surface area contributed by atoms with Crippen molar-refractivity contribution >= 4 is 0 Å². The summed E-state index contributed by atoms with van der Waals surface area (Å²) < 4.78 is 31.1. The van der Waals surface area contributed by atoms with Gasteiger partial charge in [0.25, 0.3) is 0 Å². The predicted molar refractivity (Wildman–Crippen MR) is 65.4 cm³/mol. The van der Waals surface area contributed by atoms with Gasteiger partial charge in [0, 0.05) is 24.4 Å². The van der Waals surface area contributed by atoms with Crippen LogP contribution >= 0.6 is 0 Å². The largest absolute Gasteiger partial charge is 0.339 e. The molecule has 0 saturated heterocycles. The number of rotatable bonds is 4. The number of nitrogens with two attached hydrogens (primary N) is 1. The summed E-state index contributed by atoms with van der Waals surface area (Å²) in [7, 11) is 0. The molecule has 0 unspecified atom stereocenters. The lowest BCUT2D eigenvalue weighted by molar-refractivity contribution is 0.345. The molecule has 102 valence electrons. The van der Waals surface area contributed by atoms with Crippen LogP contribution in [0.4, 0.5) is 8.78 Å². The molecule has 6 heteroatoms. The van der Waals surface area contributed by atoms with Crippen molar-refractivity contribution in [2.24, 2.45) is 5.73 Å². The van der Waals surface area contributed by atoms with E-state index in [-0.39, 0.29) is 6.42 Å². The number of hydrogen-bond acceptors (Lipinski definition) is 4. The third-order valence-electron chi connectivity index (χ3n) is 2.40. The summed E-state index contributed by atoms with van der Waals surface area (Å²) in [5, 5.41) is 3.77. The highest BCUT2D eigenvalue weighted by Gasteiger charge is 2.17. The predicted octanol–water partition coefficient (Wildman–Crippen LogP) is 2.22. The third-order valence-corrected chi connectivity index (χ3v) is 2.40. The van der Waals surface area contributed by atoms with Crippen LogP contribution in [0.3, 0.4) is 0 Å². The fraction of sp³-hybridized carbons (Fsp3) is 0.385. The fourth-order valence-corrected chi connectivity index (χ4v) is 1.72. The molecule has 0 aliphatic rings. The van der Waals surface area contributed by atoms with Crippen LogP contribution in [0.2, 0.25) is 0 Å². The number of halogens is 2. The van der Waals surface area contributed by atoms with E-state index >= 15 is 0 Å². The maximum atomic E-state index is 13.0. The van der Waals surface area contributed by atoms with Gasteiger partial charge in [-0.25, -0.2) is 8.78 Å². The minimum atomic E-state index is -0.623. The molecule has 0 saturated carbocycles. The van der Waals surface area contributed by atoms with Gasteiger partial charge < -0.3 is 10.3 Å². The first kappa shape index (κ1) is 13.6. The van der Waals surface area contributed by atoms with E-state index in [0.29, 0.717) is 23.7 Å². The Morgan fingerprint density at radius 1 is 1.21 bits per heavy atom. The highest BCUT2D eigenvalue weighted by molar-refractivity contribution is 5.21. The highest BCUT2D eigenvalue weighted by atomic mass is 19.1. The number of hydrogen-bond donors (Lipinski definition) is 1. The molecular weight excluding hydrogens is 252 g/mol. The van der Waals surface area contributed by atoms with Crippen molar-refractivity contribution < 1.29 is 13.3 Å². The first-order chi connectivity index (χ1) is 8.82. The highest BCUT2D eigenvalue weighted by Crippen LogP contribution is 2.13. The lowest BCUT2D eigenvalue weighted by Gasteiger charge is -2.14. The van der Waals surface area contributed by atoms with E-state index in [1.54, 1.807) is 0 Å². The molecular formula is C13H15F2N3O. The average Bonchev–Trinajstić information content (AvgIpc) is 2.60. The molecule has 2 N–H and O–H groups in total. The molecule has 0 atom stereocenters. The Kier molecular flexibility index (Phi) is 3.61. The van der Waals surface area contributed by atoms with Crippen LogP contribution in [0, 0.1) is 11.6 Å². The zero-order valence-electron chi connectivity index (χ0n) is 10.8. The summed E-state index contributed by atoms with van der Waals surface area (Å²) in [6, 6.07) is 3.31. The second-order valence-corrected chi connectivity index (χ2v) is 5.22. The molecule has 0 spiro atoms. The van der Waals surface area contributed by atoms with Crippen LogP contribution < -0.4 is 5.73 Å². The van der Waals surface area contributed by atoms with Gasteiger partial charge in [0.1, 0.15) is 11.6 Å². The number of aromatic nitrogens is 2. The van der Waals surface area contributed by atoms with Gasteiger partial charge in [0.05, 0.1) is 0 Å². The van der Waals surface area contributed by atoms with E-state index in [1.807, 2.05) is 13.8 Å². The van der Waals surface area contributed by atoms with E-state index in [0.717, 1.165) is 6.07 Å². The maximum Gasteiger partial charge on any atom is 0.228 e. The molecule has 0 aliphatic carbocycles. The van der Waals surface area contributed by atoms with Crippen molar-refractivity contribution in [3.05, 3.63) is 47.1 Å². The van der Waals surface area contributed by atoms with Crippen LogP contribution in [0.25, 0.3) is 0 Å².